The van der Waals surface area contributed by atoms with E-state index in [1.807, 2.05) is 0 Å². The quantitative estimate of drug-likeness (QED) is 0.809. The van der Waals surface area contributed by atoms with Crippen molar-refractivity contribution in [2.75, 3.05) is 31.6 Å². The van der Waals surface area contributed by atoms with Crippen molar-refractivity contribution in [1.82, 2.24) is 4.90 Å². The van der Waals surface area contributed by atoms with Crippen molar-refractivity contribution in [2.24, 2.45) is 0 Å². The van der Waals surface area contributed by atoms with E-state index in [1.54, 1.807) is 43.0 Å². The molecule has 154 valence electrons. The minimum atomic E-state index is -3.40. The monoisotopic (exact) mass is 416 g/mol. The number of rotatable bonds is 5. The van der Waals surface area contributed by atoms with Gasteiger partial charge in [-0.25, -0.2) is 8.42 Å². The minimum absolute atomic E-state index is 0.164. The first-order valence-corrected chi connectivity index (χ1v) is 11.0. The van der Waals surface area contributed by atoms with E-state index in [2.05, 4.69) is 5.32 Å². The largest absolute Gasteiger partial charge is 0.378 e. The maximum absolute atomic E-state index is 12.8. The Balaban J connectivity index is 1.78. The van der Waals surface area contributed by atoms with Crippen LogP contribution in [-0.2, 0) is 14.6 Å². The molecule has 8 heteroatoms. The Hall–Kier alpha value is -2.71. The van der Waals surface area contributed by atoms with Crippen LogP contribution >= 0.6 is 0 Å². The van der Waals surface area contributed by atoms with Crippen LogP contribution in [0, 0.1) is 0 Å². The maximum Gasteiger partial charge on any atom is 0.256 e. The lowest BCUT2D eigenvalue weighted by atomic mass is 10.1. The number of sulfone groups is 1. The molecule has 3 rings (SSSR count). The van der Waals surface area contributed by atoms with Gasteiger partial charge in [-0.1, -0.05) is 12.1 Å². The van der Waals surface area contributed by atoms with E-state index < -0.39 is 21.0 Å². The van der Waals surface area contributed by atoms with Crippen LogP contribution in [0.15, 0.2) is 53.4 Å². The third-order valence-electron chi connectivity index (χ3n) is 4.77. The number of ether oxygens (including phenoxy) is 1. The van der Waals surface area contributed by atoms with Crippen molar-refractivity contribution in [3.05, 3.63) is 59.7 Å². The first-order chi connectivity index (χ1) is 13.8. The van der Waals surface area contributed by atoms with E-state index in [4.69, 9.17) is 4.74 Å². The Morgan fingerprint density at radius 3 is 2.24 bits per heavy atom. The zero-order valence-electron chi connectivity index (χ0n) is 16.4. The summed E-state index contributed by atoms with van der Waals surface area (Å²) in [5.41, 5.74) is 1.12. The van der Waals surface area contributed by atoms with Crippen LogP contribution in [0.25, 0.3) is 0 Å². The molecule has 2 aromatic rings. The van der Waals surface area contributed by atoms with Gasteiger partial charge in [0.2, 0.25) is 0 Å². The van der Waals surface area contributed by atoms with E-state index in [0.717, 1.165) is 0 Å². The van der Waals surface area contributed by atoms with Gasteiger partial charge in [-0.15, -0.1) is 0 Å². The molecular formula is C21H24N2O5S. The second kappa shape index (κ2) is 8.75. The molecule has 0 spiro atoms. The summed E-state index contributed by atoms with van der Waals surface area (Å²) in [5, 5.41) is 2.22. The molecule has 0 aliphatic carbocycles. The normalized spacial score (nSPS) is 14.7. The van der Waals surface area contributed by atoms with Crippen molar-refractivity contribution < 1.29 is 22.7 Å². The zero-order valence-corrected chi connectivity index (χ0v) is 17.2. The summed E-state index contributed by atoms with van der Waals surface area (Å²) in [6.45, 7) is 5.22. The van der Waals surface area contributed by atoms with Crippen molar-refractivity contribution in [1.29, 1.82) is 0 Å². The molecule has 1 aliphatic heterocycles. The molecule has 0 atom stereocenters. The highest BCUT2D eigenvalue weighted by atomic mass is 32.2. The Kier molecular flexibility index (Phi) is 6.34. The number of benzene rings is 2. The summed E-state index contributed by atoms with van der Waals surface area (Å²) in [4.78, 5) is 27.3. The highest BCUT2D eigenvalue weighted by molar-refractivity contribution is 7.92. The van der Waals surface area contributed by atoms with E-state index in [1.165, 1.54) is 24.3 Å². The van der Waals surface area contributed by atoms with E-state index >= 15 is 0 Å². The molecule has 0 saturated carbocycles. The molecule has 2 amide bonds. The number of nitrogens with zero attached hydrogens (tertiary/aromatic N) is 1. The van der Waals surface area contributed by atoms with Crippen LogP contribution in [0.5, 0.6) is 0 Å². The molecule has 2 aromatic carbocycles. The molecule has 1 saturated heterocycles. The van der Waals surface area contributed by atoms with Gasteiger partial charge >= 0.3 is 0 Å². The highest BCUT2D eigenvalue weighted by Gasteiger charge is 2.22. The minimum Gasteiger partial charge on any atom is -0.378 e. The van der Waals surface area contributed by atoms with Gasteiger partial charge in [0.1, 0.15) is 0 Å². The maximum atomic E-state index is 12.8. The lowest BCUT2D eigenvalue weighted by Crippen LogP contribution is -2.41. The fraction of sp³-hybridized carbons (Fsp3) is 0.333. The summed E-state index contributed by atoms with van der Waals surface area (Å²) in [7, 11) is -3.40. The van der Waals surface area contributed by atoms with Crippen LogP contribution in [0.2, 0.25) is 0 Å². The summed E-state index contributed by atoms with van der Waals surface area (Å²) >= 11 is 0. The number of carbonyl (C=O) groups excluding carboxylic acids is 2. The number of anilines is 1. The van der Waals surface area contributed by atoms with Gasteiger partial charge in [0.05, 0.1) is 34.6 Å². The lowest BCUT2D eigenvalue weighted by Gasteiger charge is -2.27. The van der Waals surface area contributed by atoms with E-state index in [-0.39, 0.29) is 10.8 Å². The van der Waals surface area contributed by atoms with Crippen molar-refractivity contribution >= 4 is 27.3 Å². The van der Waals surface area contributed by atoms with Gasteiger partial charge in [-0.3, -0.25) is 9.59 Å². The fourth-order valence-corrected chi connectivity index (χ4v) is 4.04. The highest BCUT2D eigenvalue weighted by Crippen LogP contribution is 2.20. The van der Waals surface area contributed by atoms with Gasteiger partial charge in [-0.2, -0.15) is 0 Å². The Bertz CT molecular complexity index is 994. The topological polar surface area (TPSA) is 92.8 Å². The SMILES string of the molecule is CC(C)S(=O)(=O)c1ccc(C(=O)Nc2ccccc2C(=O)N2CCOCC2)cc1. The third kappa shape index (κ3) is 4.65. The predicted octanol–water partition coefficient (Wildman–Crippen LogP) is 2.59. The first-order valence-electron chi connectivity index (χ1n) is 9.42. The van der Waals surface area contributed by atoms with Gasteiger partial charge in [0.25, 0.3) is 11.8 Å². The summed E-state index contributed by atoms with van der Waals surface area (Å²) in [6, 6.07) is 12.6. The average Bonchev–Trinajstić information content (AvgIpc) is 2.74. The van der Waals surface area contributed by atoms with E-state index in [9.17, 15) is 18.0 Å². The smallest absolute Gasteiger partial charge is 0.256 e. The molecule has 0 bridgehead atoms. The molecule has 1 N–H and O–H groups in total. The van der Waals surface area contributed by atoms with Gasteiger partial charge < -0.3 is 15.0 Å². The summed E-state index contributed by atoms with van der Waals surface area (Å²) < 4.78 is 29.7. The van der Waals surface area contributed by atoms with E-state index in [0.29, 0.717) is 43.1 Å². The zero-order chi connectivity index (χ0) is 21.0. The third-order valence-corrected chi connectivity index (χ3v) is 6.94. The Labute approximate surface area is 170 Å². The number of carbonyl (C=O) groups is 2. The first kappa shape index (κ1) is 21.0. The number of morpholine rings is 1. The van der Waals surface area contributed by atoms with Crippen molar-refractivity contribution in [3.63, 3.8) is 0 Å². The molecule has 1 fully saturated rings. The van der Waals surface area contributed by atoms with Crippen LogP contribution in [0.4, 0.5) is 5.69 Å². The number of nitrogens with one attached hydrogen (secondary N) is 1. The Morgan fingerprint density at radius 2 is 1.62 bits per heavy atom. The second-order valence-corrected chi connectivity index (χ2v) is 9.53. The summed E-state index contributed by atoms with van der Waals surface area (Å²) in [5.74, 6) is -0.580. The summed E-state index contributed by atoms with van der Waals surface area (Å²) in [6.07, 6.45) is 0. The van der Waals surface area contributed by atoms with Crippen LogP contribution in [0.3, 0.4) is 0 Å². The molecule has 1 heterocycles. The van der Waals surface area contributed by atoms with Crippen molar-refractivity contribution in [3.8, 4) is 0 Å². The van der Waals surface area contributed by atoms with Gasteiger partial charge in [-0.05, 0) is 50.2 Å². The van der Waals surface area contributed by atoms with Crippen LogP contribution in [-0.4, -0.2) is 56.7 Å². The number of amides is 2. The molecule has 0 radical (unpaired) electrons. The fourth-order valence-electron chi connectivity index (χ4n) is 2.98. The van der Waals surface area contributed by atoms with Crippen molar-refractivity contribution in [2.45, 2.75) is 24.0 Å². The number of para-hydroxylation sites is 1. The van der Waals surface area contributed by atoms with Crippen LogP contribution < -0.4 is 5.32 Å². The molecule has 0 aromatic heterocycles. The molecule has 1 aliphatic rings. The average molecular weight is 416 g/mol. The number of hydrogen-bond acceptors (Lipinski definition) is 5. The van der Waals surface area contributed by atoms with Gasteiger partial charge in [0, 0.05) is 18.7 Å². The standard InChI is InChI=1S/C21H24N2O5S/c1-15(2)29(26,27)17-9-7-16(8-10-17)20(24)22-19-6-4-3-5-18(19)21(25)23-11-13-28-14-12-23/h3-10,15H,11-14H2,1-2H3,(H,22,24). The predicted molar refractivity (Wildman–Crippen MR) is 110 cm³/mol. The lowest BCUT2D eigenvalue weighted by molar-refractivity contribution is 0.0303. The number of hydrogen-bond donors (Lipinski definition) is 1. The van der Waals surface area contributed by atoms with Gasteiger partial charge in [0.15, 0.2) is 9.84 Å². The molecule has 0 unspecified atom stereocenters. The molecule has 29 heavy (non-hydrogen) atoms. The van der Waals surface area contributed by atoms with Crippen LogP contribution in [0.1, 0.15) is 34.6 Å². The molecular weight excluding hydrogens is 392 g/mol. The Morgan fingerprint density at radius 1 is 1.00 bits per heavy atom. The second-order valence-electron chi connectivity index (χ2n) is 7.02. The molecule has 7 nitrogen and oxygen atoms in total.